The average molecular weight is 208 g/mol. The van der Waals surface area contributed by atoms with Gasteiger partial charge < -0.3 is 0 Å². The Kier molecular flexibility index (Phi) is 3.14. The fourth-order valence-electron chi connectivity index (χ4n) is 2.02. The van der Waals surface area contributed by atoms with E-state index in [4.69, 9.17) is 0 Å². The molecular formula is C15H17B. The molecule has 0 spiro atoms. The SMILES string of the molecule is Bc1c(C)cccc1Cc1ccccc1C. The molecule has 0 N–H and O–H groups in total. The summed E-state index contributed by atoms with van der Waals surface area (Å²) in [5, 5.41) is 0. The minimum atomic E-state index is 1.04. The first-order chi connectivity index (χ1) is 7.68. The summed E-state index contributed by atoms with van der Waals surface area (Å²) >= 11 is 0. The molecule has 2 rings (SSSR count). The van der Waals surface area contributed by atoms with Gasteiger partial charge in [0.2, 0.25) is 0 Å². The predicted octanol–water partition coefficient (Wildman–Crippen LogP) is 2.15. The van der Waals surface area contributed by atoms with E-state index in [9.17, 15) is 0 Å². The lowest BCUT2D eigenvalue weighted by Gasteiger charge is -2.10. The summed E-state index contributed by atoms with van der Waals surface area (Å²) in [7, 11) is 2.21. The van der Waals surface area contributed by atoms with Crippen molar-refractivity contribution in [3.05, 3.63) is 64.7 Å². The Hall–Kier alpha value is -1.50. The molecule has 0 atom stereocenters. The number of rotatable bonds is 2. The zero-order valence-electron chi connectivity index (χ0n) is 10.2. The van der Waals surface area contributed by atoms with Gasteiger partial charge in [-0.15, -0.1) is 0 Å². The maximum absolute atomic E-state index is 2.23. The summed E-state index contributed by atoms with van der Waals surface area (Å²) < 4.78 is 0. The second kappa shape index (κ2) is 4.57. The van der Waals surface area contributed by atoms with Crippen LogP contribution in [0.15, 0.2) is 42.5 Å². The molecule has 0 aliphatic carbocycles. The molecule has 0 fully saturated rings. The van der Waals surface area contributed by atoms with Gasteiger partial charge in [-0.3, -0.25) is 0 Å². The van der Waals surface area contributed by atoms with Crippen molar-refractivity contribution in [2.24, 2.45) is 0 Å². The van der Waals surface area contributed by atoms with Crippen LogP contribution in [-0.2, 0) is 6.42 Å². The molecule has 0 aliphatic rings. The Morgan fingerprint density at radius 3 is 2.19 bits per heavy atom. The van der Waals surface area contributed by atoms with E-state index in [0.29, 0.717) is 0 Å². The molecule has 0 saturated heterocycles. The molecule has 0 unspecified atom stereocenters. The van der Waals surface area contributed by atoms with E-state index in [1.54, 1.807) is 0 Å². The number of hydrogen-bond donors (Lipinski definition) is 0. The standard InChI is InChI=1S/C15H17B/c1-11-6-3-4-8-13(11)10-14-9-5-7-12(2)15(14)16/h3-9H,10,16H2,1-2H3. The third-order valence-electron chi connectivity index (χ3n) is 3.36. The lowest BCUT2D eigenvalue weighted by Crippen LogP contribution is -2.14. The molecule has 2 aromatic rings. The lowest BCUT2D eigenvalue weighted by molar-refractivity contribution is 1.16. The van der Waals surface area contributed by atoms with E-state index >= 15 is 0 Å². The minimum Gasteiger partial charge on any atom is -0.0826 e. The van der Waals surface area contributed by atoms with Crippen LogP contribution in [0.25, 0.3) is 0 Å². The van der Waals surface area contributed by atoms with Crippen LogP contribution in [-0.4, -0.2) is 7.85 Å². The van der Waals surface area contributed by atoms with Crippen LogP contribution in [0.1, 0.15) is 22.3 Å². The molecule has 16 heavy (non-hydrogen) atoms. The van der Waals surface area contributed by atoms with Crippen molar-refractivity contribution in [3.63, 3.8) is 0 Å². The van der Waals surface area contributed by atoms with Crippen LogP contribution in [0.5, 0.6) is 0 Å². The Balaban J connectivity index is 2.35. The highest BCUT2D eigenvalue weighted by atomic mass is 14.1. The van der Waals surface area contributed by atoms with Crippen LogP contribution < -0.4 is 5.46 Å². The Morgan fingerprint density at radius 1 is 0.812 bits per heavy atom. The van der Waals surface area contributed by atoms with Crippen molar-refractivity contribution >= 4 is 13.3 Å². The largest absolute Gasteiger partial charge is 0.140 e. The number of aryl methyl sites for hydroxylation is 2. The molecule has 0 heterocycles. The molecule has 80 valence electrons. The first-order valence-electron chi connectivity index (χ1n) is 5.78. The van der Waals surface area contributed by atoms with Crippen molar-refractivity contribution in [1.82, 2.24) is 0 Å². The maximum atomic E-state index is 2.23. The Labute approximate surface area is 98.7 Å². The Bertz CT molecular complexity index is 501. The quantitative estimate of drug-likeness (QED) is 0.663. The van der Waals surface area contributed by atoms with E-state index in [0.717, 1.165) is 6.42 Å². The molecular weight excluding hydrogens is 191 g/mol. The van der Waals surface area contributed by atoms with Gasteiger partial charge in [0, 0.05) is 0 Å². The second-order valence-corrected chi connectivity index (χ2v) is 4.46. The van der Waals surface area contributed by atoms with Crippen LogP contribution in [0.2, 0.25) is 0 Å². The maximum Gasteiger partial charge on any atom is 0.140 e. The van der Waals surface area contributed by atoms with Crippen molar-refractivity contribution in [2.75, 3.05) is 0 Å². The topological polar surface area (TPSA) is 0 Å². The predicted molar refractivity (Wildman–Crippen MR) is 73.3 cm³/mol. The summed E-state index contributed by atoms with van der Waals surface area (Å²) in [5.41, 5.74) is 7.05. The highest BCUT2D eigenvalue weighted by Gasteiger charge is 2.03. The van der Waals surface area contributed by atoms with E-state index in [1.807, 2.05) is 0 Å². The first-order valence-corrected chi connectivity index (χ1v) is 5.78. The van der Waals surface area contributed by atoms with Gasteiger partial charge in [0.05, 0.1) is 0 Å². The Morgan fingerprint density at radius 2 is 1.44 bits per heavy atom. The van der Waals surface area contributed by atoms with Gasteiger partial charge in [-0.05, 0) is 37.0 Å². The third-order valence-corrected chi connectivity index (χ3v) is 3.36. The molecule has 0 aliphatic heterocycles. The van der Waals surface area contributed by atoms with Gasteiger partial charge in [0.15, 0.2) is 0 Å². The highest BCUT2D eigenvalue weighted by molar-refractivity contribution is 6.34. The lowest BCUT2D eigenvalue weighted by atomic mass is 9.83. The molecule has 2 aromatic carbocycles. The van der Waals surface area contributed by atoms with Gasteiger partial charge in [-0.25, -0.2) is 0 Å². The summed E-state index contributed by atoms with van der Waals surface area (Å²) in [5.74, 6) is 0. The normalized spacial score (nSPS) is 10.4. The minimum absolute atomic E-state index is 1.04. The molecule has 0 nitrogen and oxygen atoms in total. The summed E-state index contributed by atoms with van der Waals surface area (Å²) in [6.45, 7) is 4.36. The zero-order chi connectivity index (χ0) is 11.5. The van der Waals surface area contributed by atoms with E-state index < -0.39 is 0 Å². The van der Waals surface area contributed by atoms with Crippen molar-refractivity contribution in [3.8, 4) is 0 Å². The summed E-state index contributed by atoms with van der Waals surface area (Å²) in [6.07, 6.45) is 1.04. The molecule has 0 aromatic heterocycles. The van der Waals surface area contributed by atoms with E-state index in [2.05, 4.69) is 64.2 Å². The third kappa shape index (κ3) is 2.19. The fraction of sp³-hybridized carbons (Fsp3) is 0.200. The molecule has 0 amide bonds. The van der Waals surface area contributed by atoms with Gasteiger partial charge in [-0.2, -0.15) is 0 Å². The van der Waals surface area contributed by atoms with E-state index in [1.165, 1.54) is 27.7 Å². The number of hydrogen-bond acceptors (Lipinski definition) is 0. The summed E-state index contributed by atoms with van der Waals surface area (Å²) in [4.78, 5) is 0. The van der Waals surface area contributed by atoms with E-state index in [-0.39, 0.29) is 0 Å². The van der Waals surface area contributed by atoms with Gasteiger partial charge >= 0.3 is 0 Å². The average Bonchev–Trinajstić information content (AvgIpc) is 2.28. The fourth-order valence-corrected chi connectivity index (χ4v) is 2.02. The molecule has 1 heteroatoms. The highest BCUT2D eigenvalue weighted by Crippen LogP contribution is 2.12. The second-order valence-electron chi connectivity index (χ2n) is 4.46. The molecule has 0 radical (unpaired) electrons. The molecule has 0 saturated carbocycles. The zero-order valence-corrected chi connectivity index (χ0v) is 10.2. The first kappa shape index (κ1) is 11.0. The van der Waals surface area contributed by atoms with Crippen LogP contribution >= 0.6 is 0 Å². The van der Waals surface area contributed by atoms with Gasteiger partial charge in [0.25, 0.3) is 0 Å². The van der Waals surface area contributed by atoms with Gasteiger partial charge in [-0.1, -0.05) is 53.5 Å². The number of benzene rings is 2. The van der Waals surface area contributed by atoms with Crippen LogP contribution in [0, 0.1) is 13.8 Å². The summed E-state index contributed by atoms with van der Waals surface area (Å²) in [6, 6.07) is 15.2. The van der Waals surface area contributed by atoms with Crippen molar-refractivity contribution in [1.29, 1.82) is 0 Å². The molecule has 0 bridgehead atoms. The van der Waals surface area contributed by atoms with Crippen LogP contribution in [0.4, 0.5) is 0 Å². The van der Waals surface area contributed by atoms with Crippen molar-refractivity contribution < 1.29 is 0 Å². The smallest absolute Gasteiger partial charge is 0.0826 e. The van der Waals surface area contributed by atoms with Crippen molar-refractivity contribution in [2.45, 2.75) is 20.3 Å². The van der Waals surface area contributed by atoms with Crippen LogP contribution in [0.3, 0.4) is 0 Å². The van der Waals surface area contributed by atoms with Gasteiger partial charge in [0.1, 0.15) is 7.85 Å². The monoisotopic (exact) mass is 208 g/mol.